The summed E-state index contributed by atoms with van der Waals surface area (Å²) in [5.74, 6) is -0.101. The highest BCUT2D eigenvalue weighted by molar-refractivity contribution is 5.81. The average molecular weight is 193 g/mol. The minimum Gasteiger partial charge on any atom is -0.349 e. The Morgan fingerprint density at radius 3 is 2.50 bits per heavy atom. The van der Waals surface area contributed by atoms with Gasteiger partial charge in [-0.05, 0) is 24.1 Å². The molecule has 1 aliphatic rings. The van der Waals surface area contributed by atoms with E-state index in [1.165, 1.54) is 12.1 Å². The Morgan fingerprint density at radius 2 is 2.00 bits per heavy atom. The van der Waals surface area contributed by atoms with Gasteiger partial charge in [0.25, 0.3) is 0 Å². The van der Waals surface area contributed by atoms with Crippen LogP contribution in [0.25, 0.3) is 0 Å². The summed E-state index contributed by atoms with van der Waals surface area (Å²) >= 11 is 0. The van der Waals surface area contributed by atoms with E-state index >= 15 is 0 Å². The van der Waals surface area contributed by atoms with Crippen molar-refractivity contribution in [3.8, 4) is 0 Å². The van der Waals surface area contributed by atoms with Crippen molar-refractivity contribution in [2.75, 3.05) is 0 Å². The fourth-order valence-electron chi connectivity index (χ4n) is 1.75. The molecule has 1 aromatic rings. The van der Waals surface area contributed by atoms with Crippen molar-refractivity contribution < 1.29 is 9.18 Å². The first kappa shape index (κ1) is 9.19. The molecule has 1 aromatic carbocycles. The zero-order valence-corrected chi connectivity index (χ0v) is 7.96. The molecule has 1 heterocycles. The van der Waals surface area contributed by atoms with E-state index in [1.807, 2.05) is 6.92 Å². The second-order valence-electron chi connectivity index (χ2n) is 3.75. The van der Waals surface area contributed by atoms with Gasteiger partial charge in [0.15, 0.2) is 0 Å². The summed E-state index contributed by atoms with van der Waals surface area (Å²) < 4.78 is 12.6. The number of hydrogen-bond acceptors (Lipinski definition) is 1. The third kappa shape index (κ3) is 1.62. The summed E-state index contributed by atoms with van der Waals surface area (Å²) in [5, 5.41) is 2.88. The van der Waals surface area contributed by atoms with E-state index < -0.39 is 0 Å². The molecule has 0 aliphatic carbocycles. The lowest BCUT2D eigenvalue weighted by atomic mass is 10.0. The van der Waals surface area contributed by atoms with Crippen molar-refractivity contribution in [3.63, 3.8) is 0 Å². The van der Waals surface area contributed by atoms with E-state index in [1.54, 1.807) is 12.1 Å². The molecule has 2 rings (SSSR count). The van der Waals surface area contributed by atoms with Gasteiger partial charge in [0.2, 0.25) is 5.91 Å². The van der Waals surface area contributed by atoms with Crippen LogP contribution in [-0.2, 0) is 4.79 Å². The Balaban J connectivity index is 2.17. The van der Waals surface area contributed by atoms with Gasteiger partial charge in [0.1, 0.15) is 5.82 Å². The summed E-state index contributed by atoms with van der Waals surface area (Å²) in [6, 6.07) is 6.34. The number of amides is 1. The SMILES string of the molecule is CC1CC(c2ccc(F)cc2)NC1=O. The van der Waals surface area contributed by atoms with Crippen LogP contribution in [-0.4, -0.2) is 5.91 Å². The summed E-state index contributed by atoms with van der Waals surface area (Å²) in [6.45, 7) is 1.90. The van der Waals surface area contributed by atoms with Crippen molar-refractivity contribution >= 4 is 5.91 Å². The summed E-state index contributed by atoms with van der Waals surface area (Å²) in [6.07, 6.45) is 0.796. The molecule has 0 aromatic heterocycles. The largest absolute Gasteiger partial charge is 0.349 e. The van der Waals surface area contributed by atoms with Gasteiger partial charge in [-0.1, -0.05) is 19.1 Å². The number of rotatable bonds is 1. The molecule has 14 heavy (non-hydrogen) atoms. The quantitative estimate of drug-likeness (QED) is 0.726. The van der Waals surface area contributed by atoms with Crippen molar-refractivity contribution in [1.29, 1.82) is 0 Å². The van der Waals surface area contributed by atoms with Gasteiger partial charge in [-0.3, -0.25) is 4.79 Å². The van der Waals surface area contributed by atoms with Crippen molar-refractivity contribution in [3.05, 3.63) is 35.6 Å². The molecule has 0 spiro atoms. The maximum absolute atomic E-state index is 12.6. The fourth-order valence-corrected chi connectivity index (χ4v) is 1.75. The zero-order valence-electron chi connectivity index (χ0n) is 7.96. The minimum atomic E-state index is -0.244. The number of nitrogens with one attached hydrogen (secondary N) is 1. The highest BCUT2D eigenvalue weighted by Crippen LogP contribution is 2.27. The normalized spacial score (nSPS) is 26.3. The Hall–Kier alpha value is -1.38. The summed E-state index contributed by atoms with van der Waals surface area (Å²) in [5.41, 5.74) is 0.976. The standard InChI is InChI=1S/C11H12FNO/c1-7-6-10(13-11(7)14)8-2-4-9(12)5-3-8/h2-5,7,10H,6H2,1H3,(H,13,14). The molecule has 2 atom stereocenters. The first-order valence-electron chi connectivity index (χ1n) is 4.72. The summed E-state index contributed by atoms with van der Waals surface area (Å²) in [7, 11) is 0. The first-order valence-corrected chi connectivity index (χ1v) is 4.72. The molecule has 0 saturated carbocycles. The maximum atomic E-state index is 12.6. The highest BCUT2D eigenvalue weighted by atomic mass is 19.1. The third-order valence-corrected chi connectivity index (χ3v) is 2.63. The molecule has 74 valence electrons. The van der Waals surface area contributed by atoms with Crippen LogP contribution in [0.15, 0.2) is 24.3 Å². The average Bonchev–Trinajstić information content (AvgIpc) is 2.48. The molecule has 3 heteroatoms. The number of benzene rings is 1. The van der Waals surface area contributed by atoms with Crippen LogP contribution in [0.3, 0.4) is 0 Å². The Morgan fingerprint density at radius 1 is 1.36 bits per heavy atom. The summed E-state index contributed by atoms with van der Waals surface area (Å²) in [4.78, 5) is 11.2. The van der Waals surface area contributed by atoms with Gasteiger partial charge in [-0.15, -0.1) is 0 Å². The zero-order chi connectivity index (χ0) is 10.1. The number of carbonyl (C=O) groups excluding carboxylic acids is 1. The van der Waals surface area contributed by atoms with E-state index in [2.05, 4.69) is 5.32 Å². The molecular formula is C11H12FNO. The topological polar surface area (TPSA) is 29.1 Å². The molecule has 1 aliphatic heterocycles. The van der Waals surface area contributed by atoms with Gasteiger partial charge in [0.05, 0.1) is 6.04 Å². The first-order chi connectivity index (χ1) is 6.66. The van der Waals surface area contributed by atoms with Crippen LogP contribution in [0, 0.1) is 11.7 Å². The second kappa shape index (κ2) is 3.40. The van der Waals surface area contributed by atoms with Gasteiger partial charge in [-0.25, -0.2) is 4.39 Å². The molecule has 0 radical (unpaired) electrons. The van der Waals surface area contributed by atoms with Gasteiger partial charge >= 0.3 is 0 Å². The number of hydrogen-bond donors (Lipinski definition) is 1. The molecule has 0 bridgehead atoms. The monoisotopic (exact) mass is 193 g/mol. The smallest absolute Gasteiger partial charge is 0.223 e. The third-order valence-electron chi connectivity index (χ3n) is 2.63. The lowest BCUT2D eigenvalue weighted by Gasteiger charge is -2.09. The molecule has 2 nitrogen and oxygen atoms in total. The fraction of sp³-hybridized carbons (Fsp3) is 0.364. The van der Waals surface area contributed by atoms with Gasteiger partial charge < -0.3 is 5.32 Å². The van der Waals surface area contributed by atoms with Gasteiger partial charge in [0, 0.05) is 5.92 Å². The second-order valence-corrected chi connectivity index (χ2v) is 3.75. The van der Waals surface area contributed by atoms with E-state index in [0.29, 0.717) is 0 Å². The predicted octanol–water partition coefficient (Wildman–Crippen LogP) is 2.02. The number of halogens is 1. The Labute approximate surface area is 82.1 Å². The molecule has 1 amide bonds. The lowest BCUT2D eigenvalue weighted by Crippen LogP contribution is -2.20. The van der Waals surface area contributed by atoms with Crippen LogP contribution in [0.1, 0.15) is 24.9 Å². The van der Waals surface area contributed by atoms with Crippen molar-refractivity contribution in [1.82, 2.24) is 5.32 Å². The minimum absolute atomic E-state index is 0.0538. The van der Waals surface area contributed by atoms with E-state index in [4.69, 9.17) is 0 Å². The van der Waals surface area contributed by atoms with Crippen LogP contribution in [0.5, 0.6) is 0 Å². The predicted molar refractivity (Wildman–Crippen MR) is 51.1 cm³/mol. The van der Waals surface area contributed by atoms with Crippen LogP contribution in [0.4, 0.5) is 4.39 Å². The van der Waals surface area contributed by atoms with Crippen LogP contribution < -0.4 is 5.32 Å². The lowest BCUT2D eigenvalue weighted by molar-refractivity contribution is -0.122. The van der Waals surface area contributed by atoms with Crippen molar-refractivity contribution in [2.45, 2.75) is 19.4 Å². The van der Waals surface area contributed by atoms with Crippen LogP contribution in [0.2, 0.25) is 0 Å². The Kier molecular flexibility index (Phi) is 2.23. The molecule has 2 unspecified atom stereocenters. The van der Waals surface area contributed by atoms with Gasteiger partial charge in [-0.2, -0.15) is 0 Å². The highest BCUT2D eigenvalue weighted by Gasteiger charge is 2.28. The maximum Gasteiger partial charge on any atom is 0.223 e. The molecule has 1 saturated heterocycles. The van der Waals surface area contributed by atoms with Crippen LogP contribution >= 0.6 is 0 Å². The Bertz CT molecular complexity index is 347. The number of carbonyl (C=O) groups is 1. The molecular weight excluding hydrogens is 181 g/mol. The van der Waals surface area contributed by atoms with E-state index in [-0.39, 0.29) is 23.7 Å². The van der Waals surface area contributed by atoms with E-state index in [0.717, 1.165) is 12.0 Å². The molecule has 1 N–H and O–H groups in total. The van der Waals surface area contributed by atoms with E-state index in [9.17, 15) is 9.18 Å². The molecule has 1 fully saturated rings. The van der Waals surface area contributed by atoms with Crippen molar-refractivity contribution in [2.24, 2.45) is 5.92 Å².